The molecular formula is C40H55F2N5O8. The van der Waals surface area contributed by atoms with Crippen LogP contribution in [0.25, 0.3) is 22.2 Å². The van der Waals surface area contributed by atoms with Crippen LogP contribution in [0.15, 0.2) is 23.1 Å². The zero-order chi connectivity index (χ0) is 39.3. The Hall–Kier alpha value is -3.92. The molecular weight excluding hydrogens is 716 g/mol. The van der Waals surface area contributed by atoms with Crippen LogP contribution < -0.4 is 15.0 Å². The number of aliphatic hydroxyl groups excluding tert-OH is 1. The number of hydrogen-bond acceptors (Lipinski definition) is 11. The van der Waals surface area contributed by atoms with Gasteiger partial charge in [0.15, 0.2) is 12.6 Å². The molecule has 6 rings (SSSR count). The number of halogens is 2. The molecule has 3 aromatic rings. The highest BCUT2D eigenvalue weighted by Gasteiger charge is 2.49. The van der Waals surface area contributed by atoms with E-state index in [-0.39, 0.29) is 42.1 Å². The number of ether oxygens (including phenoxy) is 5. The molecule has 0 spiro atoms. The lowest BCUT2D eigenvalue weighted by Gasteiger charge is -2.30. The minimum atomic E-state index is -0.937. The van der Waals surface area contributed by atoms with Gasteiger partial charge in [0.1, 0.15) is 35.3 Å². The second kappa shape index (κ2) is 17.5. The first-order valence-electron chi connectivity index (χ1n) is 19.4. The normalized spacial score (nSPS) is 23.2. The van der Waals surface area contributed by atoms with Crippen molar-refractivity contribution < 1.29 is 42.4 Å². The Bertz CT molecular complexity index is 1870. The van der Waals surface area contributed by atoms with Crippen molar-refractivity contribution in [3.63, 3.8) is 0 Å². The van der Waals surface area contributed by atoms with Gasteiger partial charge in [-0.3, -0.25) is 19.7 Å². The van der Waals surface area contributed by atoms with E-state index in [0.717, 1.165) is 49.8 Å². The average Bonchev–Trinajstić information content (AvgIpc) is 3.57. The minimum Gasteiger partial charge on any atom is -0.468 e. The third-order valence-corrected chi connectivity index (χ3v) is 10.7. The van der Waals surface area contributed by atoms with E-state index < -0.39 is 40.9 Å². The van der Waals surface area contributed by atoms with E-state index in [1.165, 1.54) is 13.3 Å². The molecule has 2 aromatic heterocycles. The van der Waals surface area contributed by atoms with Gasteiger partial charge in [-0.05, 0) is 96.0 Å². The molecule has 5 heterocycles. The molecule has 1 aromatic carbocycles. The van der Waals surface area contributed by atoms with Crippen molar-refractivity contribution in [2.24, 2.45) is 0 Å². The summed E-state index contributed by atoms with van der Waals surface area (Å²) in [5.74, 6) is -0.285. The van der Waals surface area contributed by atoms with Crippen molar-refractivity contribution in [2.45, 2.75) is 115 Å². The highest BCUT2D eigenvalue weighted by Crippen LogP contribution is 2.40. The number of hydrogen-bond donors (Lipinski definition) is 2. The Morgan fingerprint density at radius 3 is 2.75 bits per heavy atom. The van der Waals surface area contributed by atoms with E-state index in [1.54, 1.807) is 11.0 Å². The van der Waals surface area contributed by atoms with Crippen molar-refractivity contribution >= 4 is 17.0 Å². The highest BCUT2D eigenvalue weighted by molar-refractivity contribution is 5.83. The number of aromatic nitrogens is 3. The number of fused-ring (bicyclic) bond motifs is 2. The summed E-state index contributed by atoms with van der Waals surface area (Å²) in [6.45, 7) is 9.90. The quantitative estimate of drug-likeness (QED) is 0.150. The Morgan fingerprint density at radius 2 is 1.96 bits per heavy atom. The fraction of sp³-hybridized carbons (Fsp3) is 0.650. The maximum Gasteiger partial charge on any atom is 0.410 e. The fourth-order valence-corrected chi connectivity index (χ4v) is 8.07. The molecule has 3 aliphatic rings. The third kappa shape index (κ3) is 9.91. The molecule has 3 aliphatic heterocycles. The van der Waals surface area contributed by atoms with E-state index in [9.17, 15) is 19.1 Å². The van der Waals surface area contributed by atoms with Crippen LogP contribution in [-0.4, -0.2) is 119 Å². The number of nitrogens with zero attached hydrogens (tertiary/aromatic N) is 4. The summed E-state index contributed by atoms with van der Waals surface area (Å²) in [5, 5.41) is 10.4. The number of likely N-dealkylation sites (tertiary alicyclic amines) is 1. The van der Waals surface area contributed by atoms with Gasteiger partial charge in [0.25, 0.3) is 11.6 Å². The number of aliphatic hydroxyl groups is 1. The molecule has 3 saturated heterocycles. The summed E-state index contributed by atoms with van der Waals surface area (Å²) >= 11 is 0. The van der Waals surface area contributed by atoms with Gasteiger partial charge < -0.3 is 33.7 Å². The van der Waals surface area contributed by atoms with Crippen LogP contribution in [0.3, 0.4) is 0 Å². The lowest BCUT2D eigenvalue weighted by Crippen LogP contribution is -2.43. The second-order valence-corrected chi connectivity index (χ2v) is 16.1. The largest absolute Gasteiger partial charge is 0.468 e. The molecule has 1 amide bonds. The number of rotatable bonds is 14. The number of H-pyrrole nitrogens is 1. The van der Waals surface area contributed by atoms with Crippen LogP contribution >= 0.6 is 0 Å². The summed E-state index contributed by atoms with van der Waals surface area (Å²) in [6.07, 6.45) is 4.98. The van der Waals surface area contributed by atoms with Gasteiger partial charge in [-0.25, -0.2) is 13.6 Å². The van der Waals surface area contributed by atoms with E-state index >= 15 is 4.39 Å². The van der Waals surface area contributed by atoms with Crippen molar-refractivity contribution in [3.8, 4) is 23.0 Å². The second-order valence-electron chi connectivity index (χ2n) is 16.1. The summed E-state index contributed by atoms with van der Waals surface area (Å²) < 4.78 is 59.4. The fourth-order valence-electron chi connectivity index (χ4n) is 8.07. The maximum absolute atomic E-state index is 16.6. The van der Waals surface area contributed by atoms with Gasteiger partial charge in [0, 0.05) is 51.4 Å². The molecule has 4 atom stereocenters. The number of carbonyl (C=O) groups excluding carboxylic acids is 1. The summed E-state index contributed by atoms with van der Waals surface area (Å²) in [5.41, 5.74) is 0.463. The molecule has 15 heteroatoms. The van der Waals surface area contributed by atoms with Gasteiger partial charge in [0.05, 0.1) is 29.7 Å². The average molecular weight is 772 g/mol. The first-order chi connectivity index (χ1) is 26.2. The molecule has 302 valence electrons. The van der Waals surface area contributed by atoms with Crippen LogP contribution in [0.2, 0.25) is 0 Å². The van der Waals surface area contributed by atoms with Crippen LogP contribution in [0.1, 0.15) is 83.3 Å². The van der Waals surface area contributed by atoms with Gasteiger partial charge in [-0.15, -0.1) is 0 Å². The van der Waals surface area contributed by atoms with Crippen molar-refractivity contribution in [1.82, 2.24) is 24.8 Å². The number of benzene rings is 1. The zero-order valence-corrected chi connectivity index (χ0v) is 32.6. The van der Waals surface area contributed by atoms with Gasteiger partial charge >= 0.3 is 6.09 Å². The Kier molecular flexibility index (Phi) is 12.9. The van der Waals surface area contributed by atoms with Crippen molar-refractivity contribution in [2.75, 3.05) is 53.3 Å². The lowest BCUT2D eigenvalue weighted by molar-refractivity contribution is -0.00537. The molecule has 3 fully saturated rings. The van der Waals surface area contributed by atoms with E-state index in [4.69, 9.17) is 23.7 Å². The highest BCUT2D eigenvalue weighted by atomic mass is 19.1. The number of amides is 1. The number of alkyl halides is 1. The van der Waals surface area contributed by atoms with Crippen molar-refractivity contribution in [1.29, 1.82) is 0 Å². The molecule has 2 N–H and O–H groups in total. The van der Waals surface area contributed by atoms with Gasteiger partial charge in [0.2, 0.25) is 0 Å². The monoisotopic (exact) mass is 771 g/mol. The number of carbonyl (C=O) groups is 1. The minimum absolute atomic E-state index is 0.000876. The summed E-state index contributed by atoms with van der Waals surface area (Å²) in [7, 11) is 1.51. The van der Waals surface area contributed by atoms with Crippen LogP contribution in [0, 0.1) is 12.7 Å². The van der Waals surface area contributed by atoms with E-state index in [0.29, 0.717) is 63.2 Å². The molecule has 55 heavy (non-hydrogen) atoms. The standard InChI is InChI=1S/C40H55F2N5O8/c1-25-16-28(54-24-51-5)18-31(30(25)10-7-6-8-15-52-29-17-27(48)11-14-46(22-29)38(50)55-39(2,3)4)34-33(42)35-32(20-43-34)36(49)45-37(44-35)53-23-40-12-9-13-47(40)21-26(41)19-40/h16,18,20,26-27,29,48H,6-15,17,19,21-24H2,1-5H3,(H,44,45,49)/t26-,27-,29-,40+/m1/s1. The van der Waals surface area contributed by atoms with Crippen LogP contribution in [0.5, 0.6) is 11.8 Å². The number of aromatic amines is 1. The number of nitrogens with one attached hydrogen (secondary N) is 1. The zero-order valence-electron chi connectivity index (χ0n) is 32.6. The number of unbranched alkanes of at least 4 members (excludes halogenated alkanes) is 2. The summed E-state index contributed by atoms with van der Waals surface area (Å²) in [6, 6.07) is 3.48. The molecule has 0 saturated carbocycles. The van der Waals surface area contributed by atoms with Crippen LogP contribution in [0.4, 0.5) is 13.6 Å². The first kappa shape index (κ1) is 40.7. The summed E-state index contributed by atoms with van der Waals surface area (Å²) in [4.78, 5) is 40.9. The molecule has 0 bridgehead atoms. The molecule has 0 radical (unpaired) electrons. The van der Waals surface area contributed by atoms with Crippen LogP contribution in [-0.2, 0) is 20.6 Å². The Morgan fingerprint density at radius 1 is 1.15 bits per heavy atom. The molecule has 0 aliphatic carbocycles. The maximum atomic E-state index is 16.6. The van der Waals surface area contributed by atoms with Gasteiger partial charge in [-0.2, -0.15) is 4.98 Å². The van der Waals surface area contributed by atoms with Gasteiger partial charge in [-0.1, -0.05) is 6.42 Å². The SMILES string of the molecule is COCOc1cc(C)c(CCCCCO[C@@H]2C[C@H](O)CCN(C(=O)OC(C)(C)C)C2)c(-c2ncc3c(=O)[nH]c(OC[C@@]45CCCN4C[C@H](F)C5)nc3c2F)c1. The Balaban J connectivity index is 1.15. The topological polar surface area (TPSA) is 149 Å². The van der Waals surface area contributed by atoms with Crippen molar-refractivity contribution in [3.05, 3.63) is 45.6 Å². The molecule has 0 unspecified atom stereocenters. The number of pyridine rings is 1. The number of methoxy groups -OCH3 is 1. The Labute approximate surface area is 320 Å². The predicted octanol–water partition coefficient (Wildman–Crippen LogP) is 5.86. The lowest BCUT2D eigenvalue weighted by atomic mass is 9.93. The third-order valence-electron chi connectivity index (χ3n) is 10.7. The first-order valence-corrected chi connectivity index (χ1v) is 19.4. The predicted molar refractivity (Wildman–Crippen MR) is 202 cm³/mol. The number of aryl methyl sites for hydroxylation is 1. The van der Waals surface area contributed by atoms with E-state index in [2.05, 4.69) is 19.9 Å². The van der Waals surface area contributed by atoms with E-state index in [1.807, 2.05) is 33.8 Å². The smallest absolute Gasteiger partial charge is 0.410 e. The molecule has 13 nitrogen and oxygen atoms in total.